The topological polar surface area (TPSA) is 46.2 Å². The number of fused-ring (bicyclic) bond motifs is 1. The number of nitrogens with one attached hydrogen (secondary N) is 1. The van der Waals surface area contributed by atoms with Crippen molar-refractivity contribution in [3.05, 3.63) is 64.2 Å². The molecule has 0 aromatic heterocycles. The van der Waals surface area contributed by atoms with Gasteiger partial charge < -0.3 is 5.32 Å². The summed E-state index contributed by atoms with van der Waals surface area (Å²) in [7, 11) is 0. The molecule has 0 saturated heterocycles. The van der Waals surface area contributed by atoms with Crippen LogP contribution in [-0.4, -0.2) is 17.4 Å². The summed E-state index contributed by atoms with van der Waals surface area (Å²) in [5, 5.41) is 3.29. The van der Waals surface area contributed by atoms with Crippen LogP contribution in [0.15, 0.2) is 52.9 Å². The SMILES string of the molecule is CC(=O)Nc1ccc(/C=C2\CSc3ccc(Cl)cc3C2=O)cc1. The molecule has 3 nitrogen and oxygen atoms in total. The fourth-order valence-corrected chi connectivity index (χ4v) is 3.54. The van der Waals surface area contributed by atoms with Crippen LogP contribution in [0.1, 0.15) is 22.8 Å². The molecule has 1 aliphatic heterocycles. The average Bonchev–Trinajstić information content (AvgIpc) is 2.52. The lowest BCUT2D eigenvalue weighted by molar-refractivity contribution is -0.114. The van der Waals surface area contributed by atoms with Gasteiger partial charge in [0.05, 0.1) is 0 Å². The van der Waals surface area contributed by atoms with Gasteiger partial charge in [-0.15, -0.1) is 11.8 Å². The number of thioether (sulfide) groups is 1. The van der Waals surface area contributed by atoms with Crippen molar-refractivity contribution in [2.45, 2.75) is 11.8 Å². The van der Waals surface area contributed by atoms with Crippen molar-refractivity contribution >= 4 is 46.8 Å². The van der Waals surface area contributed by atoms with E-state index in [1.54, 1.807) is 23.9 Å². The lowest BCUT2D eigenvalue weighted by Crippen LogP contribution is -2.12. The number of anilines is 1. The van der Waals surface area contributed by atoms with Crippen molar-refractivity contribution in [3.8, 4) is 0 Å². The maximum absolute atomic E-state index is 12.6. The van der Waals surface area contributed by atoms with Crippen molar-refractivity contribution in [2.75, 3.05) is 11.1 Å². The standard InChI is InChI=1S/C18H14ClNO2S/c1-11(21)20-15-5-2-12(3-6-15)8-13-10-23-17-7-4-14(19)9-16(17)18(13)22/h2-9H,10H2,1H3,(H,20,21)/b13-8+. The minimum absolute atomic E-state index is 0.0205. The van der Waals surface area contributed by atoms with Crippen molar-refractivity contribution in [1.29, 1.82) is 0 Å². The maximum Gasteiger partial charge on any atom is 0.221 e. The molecule has 0 bridgehead atoms. The molecule has 0 radical (unpaired) electrons. The van der Waals surface area contributed by atoms with Crippen LogP contribution in [-0.2, 0) is 4.79 Å². The second kappa shape index (κ2) is 6.60. The van der Waals surface area contributed by atoms with Crippen LogP contribution in [0.2, 0.25) is 5.02 Å². The first-order valence-electron chi connectivity index (χ1n) is 7.08. The van der Waals surface area contributed by atoms with Gasteiger partial charge >= 0.3 is 0 Å². The quantitative estimate of drug-likeness (QED) is 0.806. The Morgan fingerprint density at radius 2 is 1.96 bits per heavy atom. The summed E-state index contributed by atoms with van der Waals surface area (Å²) in [5.41, 5.74) is 3.07. The molecule has 116 valence electrons. The van der Waals surface area contributed by atoms with Gasteiger partial charge in [0.2, 0.25) is 5.91 Å². The second-order valence-corrected chi connectivity index (χ2v) is 6.68. The zero-order chi connectivity index (χ0) is 16.4. The van der Waals surface area contributed by atoms with Gasteiger partial charge in [-0.3, -0.25) is 9.59 Å². The van der Waals surface area contributed by atoms with Gasteiger partial charge in [-0.1, -0.05) is 23.7 Å². The Morgan fingerprint density at radius 3 is 2.65 bits per heavy atom. The van der Waals surface area contributed by atoms with E-state index in [9.17, 15) is 9.59 Å². The smallest absolute Gasteiger partial charge is 0.221 e. The molecule has 1 aliphatic rings. The molecule has 0 fully saturated rings. The summed E-state index contributed by atoms with van der Waals surface area (Å²) in [6.45, 7) is 1.47. The number of hydrogen-bond donors (Lipinski definition) is 1. The number of rotatable bonds is 2. The Labute approximate surface area is 143 Å². The fourth-order valence-electron chi connectivity index (χ4n) is 2.37. The summed E-state index contributed by atoms with van der Waals surface area (Å²) >= 11 is 7.63. The molecular formula is C18H14ClNO2S. The van der Waals surface area contributed by atoms with E-state index in [4.69, 9.17) is 11.6 Å². The predicted octanol–water partition coefficient (Wildman–Crippen LogP) is 4.67. The number of carbonyl (C=O) groups is 2. The van der Waals surface area contributed by atoms with Crippen LogP contribution >= 0.6 is 23.4 Å². The van der Waals surface area contributed by atoms with E-state index in [2.05, 4.69) is 5.32 Å². The number of Topliss-reactive ketones (excluding diaryl/α,β-unsaturated/α-hetero) is 1. The molecular weight excluding hydrogens is 330 g/mol. The van der Waals surface area contributed by atoms with Crippen LogP contribution in [0, 0.1) is 0 Å². The van der Waals surface area contributed by atoms with Crippen molar-refractivity contribution in [2.24, 2.45) is 0 Å². The summed E-state index contributed by atoms with van der Waals surface area (Å²) in [5.74, 6) is 0.552. The molecule has 5 heteroatoms. The first-order chi connectivity index (χ1) is 11.0. The van der Waals surface area contributed by atoms with Gasteiger partial charge in [0.1, 0.15) is 0 Å². The average molecular weight is 344 g/mol. The molecule has 2 aromatic rings. The summed E-state index contributed by atoms with van der Waals surface area (Å²) in [6.07, 6.45) is 1.89. The molecule has 23 heavy (non-hydrogen) atoms. The number of hydrogen-bond acceptors (Lipinski definition) is 3. The van der Waals surface area contributed by atoms with Crippen LogP contribution in [0.25, 0.3) is 6.08 Å². The highest BCUT2D eigenvalue weighted by Crippen LogP contribution is 2.34. The Morgan fingerprint density at radius 1 is 1.22 bits per heavy atom. The first kappa shape index (κ1) is 15.8. The van der Waals surface area contributed by atoms with Crippen LogP contribution in [0.3, 0.4) is 0 Å². The monoisotopic (exact) mass is 343 g/mol. The van der Waals surface area contributed by atoms with E-state index in [0.29, 0.717) is 16.3 Å². The highest BCUT2D eigenvalue weighted by molar-refractivity contribution is 7.99. The van der Waals surface area contributed by atoms with Crippen molar-refractivity contribution in [3.63, 3.8) is 0 Å². The zero-order valence-corrected chi connectivity index (χ0v) is 14.0. The maximum atomic E-state index is 12.6. The number of carbonyl (C=O) groups excluding carboxylic acids is 2. The van der Waals surface area contributed by atoms with E-state index >= 15 is 0 Å². The zero-order valence-electron chi connectivity index (χ0n) is 12.4. The fraction of sp³-hybridized carbons (Fsp3) is 0.111. The third-order valence-corrected chi connectivity index (χ3v) is 4.79. The molecule has 0 saturated carbocycles. The van der Waals surface area contributed by atoms with Crippen molar-refractivity contribution in [1.82, 2.24) is 0 Å². The van der Waals surface area contributed by atoms with Crippen LogP contribution in [0.4, 0.5) is 5.69 Å². The van der Waals surface area contributed by atoms with E-state index < -0.39 is 0 Å². The second-order valence-electron chi connectivity index (χ2n) is 5.23. The number of halogens is 1. The predicted molar refractivity (Wildman–Crippen MR) is 95.2 cm³/mol. The third-order valence-electron chi connectivity index (χ3n) is 3.43. The minimum atomic E-state index is -0.108. The molecule has 1 heterocycles. The Hall–Kier alpha value is -2.04. The van der Waals surface area contributed by atoms with Gasteiger partial charge in [0.25, 0.3) is 0 Å². The summed E-state index contributed by atoms with van der Waals surface area (Å²) in [4.78, 5) is 24.6. The molecule has 0 spiro atoms. The number of amides is 1. The van der Waals surface area contributed by atoms with Gasteiger partial charge in [0, 0.05) is 39.4 Å². The molecule has 0 aliphatic carbocycles. The molecule has 0 atom stereocenters. The Bertz CT molecular complexity index is 812. The van der Waals surface area contributed by atoms with Crippen LogP contribution < -0.4 is 5.32 Å². The van der Waals surface area contributed by atoms with E-state index in [0.717, 1.165) is 21.7 Å². The van der Waals surface area contributed by atoms with Gasteiger partial charge in [-0.25, -0.2) is 0 Å². The van der Waals surface area contributed by atoms with Gasteiger partial charge in [-0.2, -0.15) is 0 Å². The minimum Gasteiger partial charge on any atom is -0.326 e. The molecule has 3 rings (SSSR count). The van der Waals surface area contributed by atoms with E-state index in [1.807, 2.05) is 36.4 Å². The lowest BCUT2D eigenvalue weighted by atomic mass is 10.0. The summed E-state index contributed by atoms with van der Waals surface area (Å²) in [6, 6.07) is 12.8. The largest absolute Gasteiger partial charge is 0.326 e. The Kier molecular flexibility index (Phi) is 4.55. The highest BCUT2D eigenvalue weighted by Gasteiger charge is 2.22. The third kappa shape index (κ3) is 3.66. The normalized spacial score (nSPS) is 15.4. The summed E-state index contributed by atoms with van der Waals surface area (Å²) < 4.78 is 0. The van der Waals surface area contributed by atoms with Crippen LogP contribution in [0.5, 0.6) is 0 Å². The number of benzene rings is 2. The highest BCUT2D eigenvalue weighted by atomic mass is 35.5. The Balaban J connectivity index is 1.86. The van der Waals surface area contributed by atoms with Gasteiger partial charge in [-0.05, 0) is 42.0 Å². The van der Waals surface area contributed by atoms with E-state index in [1.165, 1.54) is 6.92 Å². The molecule has 0 unspecified atom stereocenters. The van der Waals surface area contributed by atoms with Gasteiger partial charge in [0.15, 0.2) is 5.78 Å². The molecule has 1 amide bonds. The van der Waals surface area contributed by atoms with E-state index in [-0.39, 0.29) is 11.7 Å². The molecule has 1 N–H and O–H groups in total. The lowest BCUT2D eigenvalue weighted by Gasteiger charge is -2.17. The first-order valence-corrected chi connectivity index (χ1v) is 8.44. The number of ketones is 1. The van der Waals surface area contributed by atoms with Crippen molar-refractivity contribution < 1.29 is 9.59 Å². The molecule has 2 aromatic carbocycles.